The zero-order valence-corrected chi connectivity index (χ0v) is 9.64. The van der Waals surface area contributed by atoms with E-state index in [1.165, 1.54) is 12.8 Å². The van der Waals surface area contributed by atoms with Gasteiger partial charge in [-0.1, -0.05) is 32.1 Å². The van der Waals surface area contributed by atoms with E-state index >= 15 is 0 Å². The Bertz CT molecular complexity index is 327. The van der Waals surface area contributed by atoms with Gasteiger partial charge in [0.25, 0.3) is 0 Å². The normalized spacial score (nSPS) is 48.5. The van der Waals surface area contributed by atoms with Gasteiger partial charge >= 0.3 is 0 Å². The minimum absolute atomic E-state index is 0.0812. The quantitative estimate of drug-likeness (QED) is 0.595. The SMILES string of the molecule is C[C@]12CCC[C@@]1(C)C(O)(C#CCO)CC2. The molecule has 2 aliphatic carbocycles. The molecule has 2 nitrogen and oxygen atoms in total. The smallest absolute Gasteiger partial charge is 0.131 e. The Hall–Kier alpha value is -0.520. The molecule has 15 heavy (non-hydrogen) atoms. The van der Waals surface area contributed by atoms with E-state index in [0.717, 1.165) is 19.3 Å². The third-order valence-corrected chi connectivity index (χ3v) is 5.06. The molecule has 0 aromatic heterocycles. The lowest BCUT2D eigenvalue weighted by molar-refractivity contribution is -0.0350. The van der Waals surface area contributed by atoms with Gasteiger partial charge in [-0.15, -0.1) is 0 Å². The van der Waals surface area contributed by atoms with Gasteiger partial charge in [0, 0.05) is 5.41 Å². The molecule has 1 unspecified atom stereocenters. The van der Waals surface area contributed by atoms with E-state index in [0.29, 0.717) is 0 Å². The number of aliphatic hydroxyl groups is 2. The second kappa shape index (κ2) is 3.23. The molecule has 3 atom stereocenters. The largest absolute Gasteiger partial charge is 0.384 e. The van der Waals surface area contributed by atoms with Crippen LogP contribution in [0.5, 0.6) is 0 Å². The Balaban J connectivity index is 2.37. The van der Waals surface area contributed by atoms with Crippen LogP contribution in [-0.4, -0.2) is 22.4 Å². The first-order valence-corrected chi connectivity index (χ1v) is 5.81. The lowest BCUT2D eigenvalue weighted by atomic mass is 9.65. The molecule has 0 saturated heterocycles. The van der Waals surface area contributed by atoms with Crippen LogP contribution in [0, 0.1) is 22.7 Å². The summed E-state index contributed by atoms with van der Waals surface area (Å²) in [5.74, 6) is 5.54. The molecular formula is C13H20O2. The van der Waals surface area contributed by atoms with Crippen LogP contribution in [0.25, 0.3) is 0 Å². The van der Waals surface area contributed by atoms with Crippen LogP contribution in [-0.2, 0) is 0 Å². The second-order valence-electron chi connectivity index (χ2n) is 5.57. The summed E-state index contributed by atoms with van der Waals surface area (Å²) in [4.78, 5) is 0. The number of hydrogen-bond donors (Lipinski definition) is 2. The van der Waals surface area contributed by atoms with Crippen molar-refractivity contribution < 1.29 is 10.2 Å². The molecule has 2 rings (SSSR count). The number of rotatable bonds is 0. The molecule has 84 valence electrons. The summed E-state index contributed by atoms with van der Waals surface area (Å²) in [6, 6.07) is 0. The van der Waals surface area contributed by atoms with Gasteiger partial charge in [0.2, 0.25) is 0 Å². The van der Waals surface area contributed by atoms with Gasteiger partial charge in [-0.05, 0) is 31.1 Å². The maximum Gasteiger partial charge on any atom is 0.131 e. The Labute approximate surface area is 91.7 Å². The van der Waals surface area contributed by atoms with Gasteiger partial charge in [-0.3, -0.25) is 0 Å². The van der Waals surface area contributed by atoms with Crippen LogP contribution in [0.4, 0.5) is 0 Å². The van der Waals surface area contributed by atoms with Crippen molar-refractivity contribution in [2.24, 2.45) is 10.8 Å². The molecule has 0 bridgehead atoms. The van der Waals surface area contributed by atoms with E-state index in [-0.39, 0.29) is 17.4 Å². The number of aliphatic hydroxyl groups excluding tert-OH is 1. The molecule has 0 aromatic carbocycles. The molecular weight excluding hydrogens is 188 g/mol. The van der Waals surface area contributed by atoms with Gasteiger partial charge in [0.05, 0.1) is 0 Å². The Morgan fingerprint density at radius 1 is 1.13 bits per heavy atom. The first-order chi connectivity index (χ1) is 6.97. The summed E-state index contributed by atoms with van der Waals surface area (Å²) in [5, 5.41) is 19.4. The summed E-state index contributed by atoms with van der Waals surface area (Å²) in [7, 11) is 0. The molecule has 0 radical (unpaired) electrons. The van der Waals surface area contributed by atoms with Gasteiger partial charge in [-0.2, -0.15) is 0 Å². The Morgan fingerprint density at radius 2 is 1.87 bits per heavy atom. The van der Waals surface area contributed by atoms with Gasteiger partial charge in [-0.25, -0.2) is 0 Å². The first kappa shape index (κ1) is 11.0. The fourth-order valence-corrected chi connectivity index (χ4v) is 3.64. The molecule has 0 aromatic rings. The van der Waals surface area contributed by atoms with Crippen LogP contribution in [0.1, 0.15) is 46.0 Å². The van der Waals surface area contributed by atoms with Crippen molar-refractivity contribution in [2.75, 3.05) is 6.61 Å². The van der Waals surface area contributed by atoms with Crippen molar-refractivity contribution in [1.29, 1.82) is 0 Å². The fraction of sp³-hybridized carbons (Fsp3) is 0.846. The van der Waals surface area contributed by atoms with Gasteiger partial charge < -0.3 is 10.2 Å². The number of fused-ring (bicyclic) bond motifs is 1. The van der Waals surface area contributed by atoms with E-state index in [9.17, 15) is 5.11 Å². The molecule has 0 spiro atoms. The summed E-state index contributed by atoms with van der Waals surface area (Å²) in [5.41, 5.74) is -0.713. The molecule has 2 aliphatic rings. The maximum absolute atomic E-state index is 10.6. The molecule has 2 fully saturated rings. The molecule has 0 amide bonds. The summed E-state index contributed by atoms with van der Waals surface area (Å²) < 4.78 is 0. The minimum Gasteiger partial charge on any atom is -0.384 e. The predicted octanol–water partition coefficient (Wildman–Crippen LogP) is 1.70. The van der Waals surface area contributed by atoms with Crippen LogP contribution in [0.15, 0.2) is 0 Å². The zero-order chi connectivity index (χ0) is 11.2. The molecule has 0 heterocycles. The highest BCUT2D eigenvalue weighted by molar-refractivity contribution is 5.27. The Morgan fingerprint density at radius 3 is 2.53 bits per heavy atom. The highest BCUT2D eigenvalue weighted by Crippen LogP contribution is 2.66. The average Bonchev–Trinajstić information content (AvgIpc) is 2.59. The minimum atomic E-state index is -0.874. The van der Waals surface area contributed by atoms with Gasteiger partial charge in [0.15, 0.2) is 0 Å². The monoisotopic (exact) mass is 208 g/mol. The third-order valence-electron chi connectivity index (χ3n) is 5.06. The van der Waals surface area contributed by atoms with Crippen LogP contribution in [0.3, 0.4) is 0 Å². The van der Waals surface area contributed by atoms with Gasteiger partial charge in [0.1, 0.15) is 12.2 Å². The topological polar surface area (TPSA) is 40.5 Å². The lowest BCUT2D eigenvalue weighted by Gasteiger charge is -2.41. The van der Waals surface area contributed by atoms with Crippen molar-refractivity contribution in [2.45, 2.75) is 51.6 Å². The molecule has 2 N–H and O–H groups in total. The maximum atomic E-state index is 10.6. The van der Waals surface area contributed by atoms with Crippen molar-refractivity contribution >= 4 is 0 Å². The number of hydrogen-bond acceptors (Lipinski definition) is 2. The molecule has 2 heteroatoms. The van der Waals surface area contributed by atoms with E-state index in [2.05, 4.69) is 25.7 Å². The highest BCUT2D eigenvalue weighted by atomic mass is 16.3. The summed E-state index contributed by atoms with van der Waals surface area (Å²) in [6.07, 6.45) is 5.26. The van der Waals surface area contributed by atoms with Crippen LogP contribution < -0.4 is 0 Å². The van der Waals surface area contributed by atoms with Crippen LogP contribution in [0.2, 0.25) is 0 Å². The summed E-state index contributed by atoms with van der Waals surface area (Å²) >= 11 is 0. The molecule has 0 aliphatic heterocycles. The summed E-state index contributed by atoms with van der Waals surface area (Å²) in [6.45, 7) is 4.28. The standard InChI is InChI=1S/C13H20O2/c1-11-5-3-6-12(11,2)13(15,9-8-11)7-4-10-14/h14-15H,3,5-6,8-10H2,1-2H3/t11-,12-,13?/m1/s1. The second-order valence-corrected chi connectivity index (χ2v) is 5.57. The van der Waals surface area contributed by atoms with Crippen molar-refractivity contribution in [1.82, 2.24) is 0 Å². The van der Waals surface area contributed by atoms with E-state index in [4.69, 9.17) is 5.11 Å². The Kier molecular flexibility index (Phi) is 2.37. The zero-order valence-electron chi connectivity index (χ0n) is 9.64. The van der Waals surface area contributed by atoms with Crippen LogP contribution >= 0.6 is 0 Å². The predicted molar refractivity (Wildman–Crippen MR) is 59.1 cm³/mol. The van der Waals surface area contributed by atoms with Crippen molar-refractivity contribution in [3.8, 4) is 11.8 Å². The fourth-order valence-electron chi connectivity index (χ4n) is 3.64. The van der Waals surface area contributed by atoms with E-state index in [1.54, 1.807) is 0 Å². The highest BCUT2D eigenvalue weighted by Gasteiger charge is 2.63. The van der Waals surface area contributed by atoms with E-state index in [1.807, 2.05) is 0 Å². The third kappa shape index (κ3) is 1.26. The average molecular weight is 208 g/mol. The van der Waals surface area contributed by atoms with Crippen molar-refractivity contribution in [3.05, 3.63) is 0 Å². The molecule has 2 saturated carbocycles. The lowest BCUT2D eigenvalue weighted by Crippen LogP contribution is -2.45. The van der Waals surface area contributed by atoms with E-state index < -0.39 is 5.60 Å². The first-order valence-electron chi connectivity index (χ1n) is 5.81. The van der Waals surface area contributed by atoms with Crippen molar-refractivity contribution in [3.63, 3.8) is 0 Å².